The number of ether oxygens (including phenoxy) is 2. The molecule has 14 heteroatoms. The monoisotopic (exact) mass is 610 g/mol. The van der Waals surface area contributed by atoms with Gasteiger partial charge in [-0.1, -0.05) is 37.7 Å². The molecule has 0 atom stereocenters. The quantitative estimate of drug-likeness (QED) is 0.250. The number of aromatic nitrogens is 3. The number of rotatable bonds is 7. The number of carbonyl (C=O) groups is 2. The highest BCUT2D eigenvalue weighted by atomic mass is 32.2. The van der Waals surface area contributed by atoms with Gasteiger partial charge >= 0.3 is 12.4 Å². The van der Waals surface area contributed by atoms with Crippen LogP contribution >= 0.6 is 11.8 Å². The van der Waals surface area contributed by atoms with Crippen molar-refractivity contribution < 1.29 is 32.2 Å². The van der Waals surface area contributed by atoms with E-state index in [0.717, 1.165) is 5.56 Å². The number of amides is 3. The highest BCUT2D eigenvalue weighted by molar-refractivity contribution is 8.15. The zero-order valence-electron chi connectivity index (χ0n) is 23.1. The third-order valence-electron chi connectivity index (χ3n) is 6.27. The van der Waals surface area contributed by atoms with E-state index in [-0.39, 0.29) is 28.5 Å². The summed E-state index contributed by atoms with van der Waals surface area (Å²) in [6.07, 6.45) is -3.44. The highest BCUT2D eigenvalue weighted by Gasteiger charge is 2.33. The molecule has 1 N–H and O–H groups in total. The minimum Gasteiger partial charge on any atom is -0.497 e. The Hall–Kier alpha value is -4.85. The number of hydrogen-bond acceptors (Lipinski definition) is 7. The van der Waals surface area contributed by atoms with E-state index in [1.165, 1.54) is 45.9 Å². The lowest BCUT2D eigenvalue weighted by Gasteiger charge is -2.22. The second kappa shape index (κ2) is 12.2. The Morgan fingerprint density at radius 2 is 1.84 bits per heavy atom. The molecule has 0 spiro atoms. The molecule has 1 aliphatic rings. The van der Waals surface area contributed by atoms with E-state index in [4.69, 9.17) is 4.74 Å². The lowest BCUT2D eigenvalue weighted by atomic mass is 10.00. The molecule has 0 bridgehead atoms. The van der Waals surface area contributed by atoms with Crippen LogP contribution in [0.5, 0.6) is 11.5 Å². The molecule has 4 aromatic rings. The van der Waals surface area contributed by atoms with Gasteiger partial charge in [-0.2, -0.15) is 4.99 Å². The predicted octanol–water partition coefficient (Wildman–Crippen LogP) is 6.63. The number of halogens is 3. The van der Waals surface area contributed by atoms with Crippen LogP contribution in [-0.4, -0.2) is 51.1 Å². The molecule has 1 aromatic heterocycles. The predicted molar refractivity (Wildman–Crippen MR) is 157 cm³/mol. The number of carbonyl (C=O) groups excluding carboxylic acids is 2. The normalized spacial score (nSPS) is 14.4. The van der Waals surface area contributed by atoms with Crippen molar-refractivity contribution in [1.82, 2.24) is 14.8 Å². The van der Waals surface area contributed by atoms with E-state index in [9.17, 15) is 22.8 Å². The van der Waals surface area contributed by atoms with Gasteiger partial charge in [-0.15, -0.1) is 18.3 Å². The van der Waals surface area contributed by atoms with Crippen molar-refractivity contribution in [3.63, 3.8) is 0 Å². The van der Waals surface area contributed by atoms with E-state index in [1.54, 1.807) is 43.5 Å². The summed E-state index contributed by atoms with van der Waals surface area (Å²) in [5, 5.41) is 7.29. The molecule has 10 nitrogen and oxygen atoms in total. The Labute approximate surface area is 248 Å². The number of nitrogens with zero attached hydrogens (tertiary/aromatic N) is 5. The van der Waals surface area contributed by atoms with Gasteiger partial charge in [0.25, 0.3) is 0 Å². The molecule has 5 rings (SSSR count). The number of aliphatic imine (C=N–C) groups is 1. The summed E-state index contributed by atoms with van der Waals surface area (Å²) < 4.78 is 48.4. The maximum absolute atomic E-state index is 12.8. The molecule has 1 fully saturated rings. The maximum Gasteiger partial charge on any atom is 0.573 e. The Morgan fingerprint density at radius 1 is 1.07 bits per heavy atom. The summed E-state index contributed by atoms with van der Waals surface area (Å²) >= 11 is 1.17. The SMILES string of the molecule is COc1ccc(C(C)C)c(N2C(=O)CS/C2=N\C(=O)Nc2ccc(-c3ncn(-c4cccc(OC(F)(F)F)c4)n3)cc2)c1. The van der Waals surface area contributed by atoms with E-state index in [1.807, 2.05) is 26.0 Å². The summed E-state index contributed by atoms with van der Waals surface area (Å²) in [6, 6.07) is 16.8. The summed E-state index contributed by atoms with van der Waals surface area (Å²) in [5.41, 5.74) is 2.91. The lowest BCUT2D eigenvalue weighted by molar-refractivity contribution is -0.274. The summed E-state index contributed by atoms with van der Waals surface area (Å²) in [6.45, 7) is 4.02. The number of thioether (sulfide) groups is 1. The van der Waals surface area contributed by atoms with Gasteiger partial charge in [0.15, 0.2) is 11.0 Å². The molecular formula is C29H25F3N6O4S. The Bertz CT molecular complexity index is 1690. The van der Waals surface area contributed by atoms with Gasteiger partial charge in [-0.05, 0) is 53.9 Å². The van der Waals surface area contributed by atoms with Crippen LogP contribution in [0.25, 0.3) is 17.1 Å². The van der Waals surface area contributed by atoms with E-state index >= 15 is 0 Å². The van der Waals surface area contributed by atoms with Gasteiger partial charge in [0.05, 0.1) is 24.2 Å². The average molecular weight is 611 g/mol. The number of alkyl halides is 3. The third-order valence-corrected chi connectivity index (χ3v) is 7.19. The smallest absolute Gasteiger partial charge is 0.497 e. The lowest BCUT2D eigenvalue weighted by Crippen LogP contribution is -2.31. The van der Waals surface area contributed by atoms with Crippen molar-refractivity contribution in [2.45, 2.75) is 26.1 Å². The number of amidine groups is 1. The topological polar surface area (TPSA) is 111 Å². The van der Waals surface area contributed by atoms with E-state index in [0.29, 0.717) is 34.2 Å². The third kappa shape index (κ3) is 6.97. The molecule has 0 unspecified atom stereocenters. The first-order chi connectivity index (χ1) is 20.5. The number of benzene rings is 3. The van der Waals surface area contributed by atoms with Gasteiger partial charge in [0, 0.05) is 23.4 Å². The zero-order valence-corrected chi connectivity index (χ0v) is 23.9. The molecule has 0 radical (unpaired) electrons. The second-order valence-electron chi connectivity index (χ2n) is 9.56. The largest absolute Gasteiger partial charge is 0.573 e. The van der Waals surface area contributed by atoms with Gasteiger partial charge in [-0.25, -0.2) is 14.5 Å². The molecule has 43 heavy (non-hydrogen) atoms. The number of anilines is 2. The minimum absolute atomic E-state index is 0.113. The van der Waals surface area contributed by atoms with E-state index in [2.05, 4.69) is 25.1 Å². The van der Waals surface area contributed by atoms with Crippen molar-refractivity contribution in [2.75, 3.05) is 23.1 Å². The van der Waals surface area contributed by atoms with Crippen LogP contribution in [0.2, 0.25) is 0 Å². The number of methoxy groups -OCH3 is 1. The van der Waals surface area contributed by atoms with Crippen LogP contribution in [0.4, 0.5) is 29.3 Å². The van der Waals surface area contributed by atoms with Gasteiger partial charge in [0.2, 0.25) is 5.91 Å². The van der Waals surface area contributed by atoms with Gasteiger partial charge < -0.3 is 14.8 Å². The summed E-state index contributed by atoms with van der Waals surface area (Å²) in [5.74, 6) is 0.588. The number of hydrogen-bond donors (Lipinski definition) is 1. The fraction of sp³-hybridized carbons (Fsp3) is 0.207. The zero-order chi connectivity index (χ0) is 30.7. The molecule has 1 saturated heterocycles. The highest BCUT2D eigenvalue weighted by Crippen LogP contribution is 2.36. The molecular weight excluding hydrogens is 585 g/mol. The van der Waals surface area contributed by atoms with Crippen molar-refractivity contribution in [3.05, 3.63) is 78.6 Å². The first kappa shape index (κ1) is 29.6. The van der Waals surface area contributed by atoms with Crippen LogP contribution in [0, 0.1) is 0 Å². The van der Waals surface area contributed by atoms with Crippen molar-refractivity contribution in [2.24, 2.45) is 4.99 Å². The summed E-state index contributed by atoms with van der Waals surface area (Å²) in [7, 11) is 1.54. The molecule has 1 aliphatic heterocycles. The van der Waals surface area contributed by atoms with Crippen LogP contribution in [-0.2, 0) is 4.79 Å². The average Bonchev–Trinajstić information content (AvgIpc) is 3.59. The van der Waals surface area contributed by atoms with Crippen LogP contribution in [0.1, 0.15) is 25.3 Å². The number of nitrogens with one attached hydrogen (secondary N) is 1. The van der Waals surface area contributed by atoms with Crippen LogP contribution in [0.3, 0.4) is 0 Å². The van der Waals surface area contributed by atoms with Gasteiger partial charge in [-0.3, -0.25) is 9.69 Å². The molecule has 2 heterocycles. The standard InChI is InChI=1S/C29H25F3N6O4S/c1-17(2)23-12-11-21(41-3)14-24(23)38-25(39)15-43-28(38)35-27(40)34-19-9-7-18(8-10-19)26-33-16-37(36-26)20-5-4-6-22(13-20)42-29(30,31)32/h4-14,16-17H,15H2,1-3H3,(H,34,40)/b35-28-. The molecule has 222 valence electrons. The van der Waals surface area contributed by atoms with Crippen LogP contribution < -0.4 is 19.7 Å². The van der Waals surface area contributed by atoms with Crippen molar-refractivity contribution in [3.8, 4) is 28.6 Å². The molecule has 0 saturated carbocycles. The molecule has 3 aromatic carbocycles. The first-order valence-corrected chi connectivity index (χ1v) is 13.9. The molecule has 3 amide bonds. The maximum atomic E-state index is 12.8. The number of urea groups is 1. The van der Waals surface area contributed by atoms with E-state index < -0.39 is 12.4 Å². The summed E-state index contributed by atoms with van der Waals surface area (Å²) in [4.78, 5) is 35.5. The molecule has 0 aliphatic carbocycles. The Balaban J connectivity index is 1.30. The Morgan fingerprint density at radius 3 is 2.53 bits per heavy atom. The fourth-order valence-corrected chi connectivity index (χ4v) is 5.16. The van der Waals surface area contributed by atoms with Gasteiger partial charge in [0.1, 0.15) is 17.8 Å². The minimum atomic E-state index is -4.81. The van der Waals surface area contributed by atoms with Crippen LogP contribution in [0.15, 0.2) is 78.0 Å². The Kier molecular flexibility index (Phi) is 8.39. The second-order valence-corrected chi connectivity index (χ2v) is 10.5. The van der Waals surface area contributed by atoms with Crippen molar-refractivity contribution in [1.29, 1.82) is 0 Å². The first-order valence-electron chi connectivity index (χ1n) is 12.9. The fourth-order valence-electron chi connectivity index (χ4n) is 4.30. The van der Waals surface area contributed by atoms with Crippen molar-refractivity contribution >= 4 is 40.2 Å².